The van der Waals surface area contributed by atoms with Crippen molar-refractivity contribution >= 4 is 27.6 Å². The molecule has 0 aliphatic heterocycles. The Morgan fingerprint density at radius 2 is 2.12 bits per heavy atom. The maximum absolute atomic E-state index is 11.1. The number of anilines is 1. The van der Waals surface area contributed by atoms with Crippen molar-refractivity contribution in [1.82, 2.24) is 0 Å². The Morgan fingerprint density at radius 1 is 1.47 bits per heavy atom. The number of halogens is 1. The van der Waals surface area contributed by atoms with E-state index < -0.39 is 5.97 Å². The molecule has 0 amide bonds. The van der Waals surface area contributed by atoms with Crippen LogP contribution in [0.25, 0.3) is 0 Å². The van der Waals surface area contributed by atoms with Gasteiger partial charge in [0, 0.05) is 10.5 Å². The molecule has 4 heteroatoms. The zero-order valence-corrected chi connectivity index (χ0v) is 11.9. The van der Waals surface area contributed by atoms with E-state index in [4.69, 9.17) is 5.11 Å². The van der Waals surface area contributed by atoms with Gasteiger partial charge in [-0.05, 0) is 30.5 Å². The molecule has 0 aliphatic rings. The van der Waals surface area contributed by atoms with Crippen molar-refractivity contribution < 1.29 is 9.90 Å². The van der Waals surface area contributed by atoms with Gasteiger partial charge < -0.3 is 10.4 Å². The Kier molecular flexibility index (Phi) is 5.00. The molecule has 0 saturated heterocycles. The topological polar surface area (TPSA) is 49.3 Å². The van der Waals surface area contributed by atoms with E-state index in [0.29, 0.717) is 17.2 Å². The van der Waals surface area contributed by atoms with Crippen LogP contribution >= 0.6 is 15.9 Å². The average molecular weight is 300 g/mol. The summed E-state index contributed by atoms with van der Waals surface area (Å²) in [5, 5.41) is 12.4. The Hall–Kier alpha value is -1.03. The minimum atomic E-state index is -0.904. The third-order valence-corrected chi connectivity index (χ3v) is 3.29. The summed E-state index contributed by atoms with van der Waals surface area (Å²) in [7, 11) is 0. The molecule has 0 aliphatic carbocycles. The quantitative estimate of drug-likeness (QED) is 0.864. The molecule has 0 aromatic heterocycles. The first kappa shape index (κ1) is 14.0. The van der Waals surface area contributed by atoms with Crippen LogP contribution in [0.1, 0.15) is 37.6 Å². The smallest absolute Gasteiger partial charge is 0.337 e. The van der Waals surface area contributed by atoms with E-state index in [2.05, 4.69) is 42.0 Å². The highest BCUT2D eigenvalue weighted by Gasteiger charge is 2.15. The fourth-order valence-electron chi connectivity index (χ4n) is 1.76. The van der Waals surface area contributed by atoms with Gasteiger partial charge in [-0.2, -0.15) is 0 Å². The van der Waals surface area contributed by atoms with Crippen molar-refractivity contribution in [2.75, 3.05) is 5.32 Å². The van der Waals surface area contributed by atoms with Crippen LogP contribution in [0.4, 0.5) is 5.69 Å². The van der Waals surface area contributed by atoms with E-state index in [9.17, 15) is 4.79 Å². The molecular formula is C13H18BrNO2. The van der Waals surface area contributed by atoms with Gasteiger partial charge in [0.2, 0.25) is 0 Å². The predicted octanol–water partition coefficient (Wildman–Crippen LogP) is 3.99. The molecule has 0 heterocycles. The van der Waals surface area contributed by atoms with Gasteiger partial charge in [0.05, 0.1) is 11.3 Å². The highest BCUT2D eigenvalue weighted by molar-refractivity contribution is 9.10. The summed E-state index contributed by atoms with van der Waals surface area (Å²) >= 11 is 3.36. The summed E-state index contributed by atoms with van der Waals surface area (Å²) in [4.78, 5) is 11.1. The zero-order chi connectivity index (χ0) is 13.0. The lowest BCUT2D eigenvalue weighted by Crippen LogP contribution is -2.25. The van der Waals surface area contributed by atoms with Crippen LogP contribution in [0, 0.1) is 5.92 Å². The molecule has 1 rings (SSSR count). The number of nitrogens with one attached hydrogen (secondary N) is 1. The molecule has 1 aromatic rings. The standard InChI is InChI=1S/C13H18BrNO2/c1-4-11(8(2)3)15-12-7-9(14)5-6-10(12)13(16)17/h5-8,11,15H,4H2,1-3H3,(H,16,17). The van der Waals surface area contributed by atoms with Crippen molar-refractivity contribution in [1.29, 1.82) is 0 Å². The van der Waals surface area contributed by atoms with Crippen LogP contribution < -0.4 is 5.32 Å². The Bertz CT molecular complexity index is 404. The van der Waals surface area contributed by atoms with Crippen LogP contribution in [0.15, 0.2) is 22.7 Å². The highest BCUT2D eigenvalue weighted by Crippen LogP contribution is 2.24. The molecule has 3 nitrogen and oxygen atoms in total. The monoisotopic (exact) mass is 299 g/mol. The van der Waals surface area contributed by atoms with Gasteiger partial charge in [0.25, 0.3) is 0 Å². The van der Waals surface area contributed by atoms with E-state index in [1.54, 1.807) is 12.1 Å². The van der Waals surface area contributed by atoms with Crippen LogP contribution in [0.5, 0.6) is 0 Å². The number of hydrogen-bond acceptors (Lipinski definition) is 2. The van der Waals surface area contributed by atoms with Crippen LogP contribution in [-0.2, 0) is 0 Å². The van der Waals surface area contributed by atoms with E-state index in [0.717, 1.165) is 10.9 Å². The Morgan fingerprint density at radius 3 is 2.59 bits per heavy atom. The first-order valence-corrected chi connectivity index (χ1v) is 6.54. The Balaban J connectivity index is 3.03. The number of aromatic carboxylic acids is 1. The SMILES string of the molecule is CCC(Nc1cc(Br)ccc1C(=O)O)C(C)C. The molecule has 1 unspecified atom stereocenters. The van der Waals surface area contributed by atoms with E-state index in [1.165, 1.54) is 0 Å². The van der Waals surface area contributed by atoms with Crippen molar-refractivity contribution in [2.24, 2.45) is 5.92 Å². The fraction of sp³-hybridized carbons (Fsp3) is 0.462. The molecule has 0 saturated carbocycles. The number of carbonyl (C=O) groups is 1. The lowest BCUT2D eigenvalue weighted by atomic mass is 10.0. The number of carboxylic acids is 1. The fourth-order valence-corrected chi connectivity index (χ4v) is 2.12. The largest absolute Gasteiger partial charge is 0.478 e. The number of benzene rings is 1. The summed E-state index contributed by atoms with van der Waals surface area (Å²) in [6, 6.07) is 5.45. The number of carboxylic acid groups (broad SMARTS) is 1. The molecule has 1 atom stereocenters. The summed E-state index contributed by atoms with van der Waals surface area (Å²) < 4.78 is 0.878. The lowest BCUT2D eigenvalue weighted by Gasteiger charge is -2.23. The van der Waals surface area contributed by atoms with Gasteiger partial charge >= 0.3 is 5.97 Å². The van der Waals surface area contributed by atoms with Gasteiger partial charge in [-0.3, -0.25) is 0 Å². The molecule has 0 bridgehead atoms. The van der Waals surface area contributed by atoms with Gasteiger partial charge in [0.1, 0.15) is 0 Å². The third kappa shape index (κ3) is 3.73. The normalized spacial score (nSPS) is 12.5. The molecule has 1 aromatic carbocycles. The Labute approximate surface area is 110 Å². The maximum atomic E-state index is 11.1. The maximum Gasteiger partial charge on any atom is 0.337 e. The average Bonchev–Trinajstić information content (AvgIpc) is 2.25. The zero-order valence-electron chi connectivity index (χ0n) is 10.3. The minimum absolute atomic E-state index is 0.280. The van der Waals surface area contributed by atoms with Crippen molar-refractivity contribution in [2.45, 2.75) is 33.2 Å². The molecule has 94 valence electrons. The van der Waals surface area contributed by atoms with Crippen molar-refractivity contribution in [3.05, 3.63) is 28.2 Å². The summed E-state index contributed by atoms with van der Waals surface area (Å²) in [5.41, 5.74) is 0.986. The predicted molar refractivity (Wildman–Crippen MR) is 73.6 cm³/mol. The molecule has 0 spiro atoms. The molecule has 0 fully saturated rings. The lowest BCUT2D eigenvalue weighted by molar-refractivity contribution is 0.0698. The molecule has 17 heavy (non-hydrogen) atoms. The number of rotatable bonds is 5. The third-order valence-electron chi connectivity index (χ3n) is 2.80. The van der Waals surface area contributed by atoms with E-state index in [-0.39, 0.29) is 6.04 Å². The van der Waals surface area contributed by atoms with Gasteiger partial charge in [-0.25, -0.2) is 4.79 Å². The highest BCUT2D eigenvalue weighted by atomic mass is 79.9. The minimum Gasteiger partial charge on any atom is -0.478 e. The van der Waals surface area contributed by atoms with Crippen LogP contribution in [0.3, 0.4) is 0 Å². The van der Waals surface area contributed by atoms with Gasteiger partial charge in [0.15, 0.2) is 0 Å². The van der Waals surface area contributed by atoms with Crippen molar-refractivity contribution in [3.63, 3.8) is 0 Å². The van der Waals surface area contributed by atoms with E-state index in [1.807, 2.05) is 6.07 Å². The second-order valence-corrected chi connectivity index (χ2v) is 5.31. The van der Waals surface area contributed by atoms with Crippen LogP contribution in [-0.4, -0.2) is 17.1 Å². The van der Waals surface area contributed by atoms with Gasteiger partial charge in [-0.15, -0.1) is 0 Å². The molecule has 0 radical (unpaired) electrons. The molecular weight excluding hydrogens is 282 g/mol. The summed E-state index contributed by atoms with van der Waals surface area (Å²) in [5.74, 6) is -0.445. The van der Waals surface area contributed by atoms with E-state index >= 15 is 0 Å². The van der Waals surface area contributed by atoms with Gasteiger partial charge in [-0.1, -0.05) is 36.7 Å². The number of hydrogen-bond donors (Lipinski definition) is 2. The molecule has 2 N–H and O–H groups in total. The summed E-state index contributed by atoms with van der Waals surface area (Å²) in [6.07, 6.45) is 0.962. The summed E-state index contributed by atoms with van der Waals surface area (Å²) in [6.45, 7) is 6.34. The second-order valence-electron chi connectivity index (χ2n) is 4.40. The first-order valence-electron chi connectivity index (χ1n) is 5.75. The first-order chi connectivity index (χ1) is 7.95. The van der Waals surface area contributed by atoms with Crippen molar-refractivity contribution in [3.8, 4) is 0 Å². The van der Waals surface area contributed by atoms with Crippen LogP contribution in [0.2, 0.25) is 0 Å². The second kappa shape index (κ2) is 6.05.